The van der Waals surface area contributed by atoms with E-state index in [4.69, 9.17) is 10.8 Å². The molecule has 0 saturated carbocycles. The molecule has 1 aromatic rings. The molecule has 1 unspecified atom stereocenters. The van der Waals surface area contributed by atoms with Gasteiger partial charge in [0.2, 0.25) is 0 Å². The molecule has 0 amide bonds. The first-order chi connectivity index (χ1) is 5.97. The first-order valence-corrected chi connectivity index (χ1v) is 4.20. The number of nitrogens with zero attached hydrogens (tertiary/aromatic N) is 3. The molecule has 0 aliphatic rings. The minimum atomic E-state index is -0.365. The first-order valence-electron chi connectivity index (χ1n) is 4.20. The highest BCUT2D eigenvalue weighted by molar-refractivity contribution is 5.04. The third-order valence-electron chi connectivity index (χ3n) is 2.19. The van der Waals surface area contributed by atoms with Gasteiger partial charge in [-0.05, 0) is 0 Å². The molecule has 1 atom stereocenters. The highest BCUT2D eigenvalue weighted by atomic mass is 16.3. The Kier molecular flexibility index (Phi) is 2.68. The van der Waals surface area contributed by atoms with Crippen molar-refractivity contribution in [1.29, 1.82) is 0 Å². The normalized spacial score (nSPS) is 14.5. The smallest absolute Gasteiger partial charge is 0.1000 e. The molecule has 0 radical (unpaired) electrons. The monoisotopic (exact) mass is 184 g/mol. The van der Waals surface area contributed by atoms with Crippen molar-refractivity contribution in [2.24, 2.45) is 18.2 Å². The van der Waals surface area contributed by atoms with E-state index in [1.807, 2.05) is 13.8 Å². The van der Waals surface area contributed by atoms with Crippen LogP contribution in [0.4, 0.5) is 0 Å². The van der Waals surface area contributed by atoms with E-state index >= 15 is 0 Å². The summed E-state index contributed by atoms with van der Waals surface area (Å²) in [5.74, 6) is 0. The Balaban J connectivity index is 2.84. The van der Waals surface area contributed by atoms with Crippen LogP contribution in [0.3, 0.4) is 0 Å². The zero-order valence-electron chi connectivity index (χ0n) is 8.23. The van der Waals surface area contributed by atoms with Gasteiger partial charge in [-0.2, -0.15) is 0 Å². The minimum Gasteiger partial charge on any atom is -0.396 e. The lowest BCUT2D eigenvalue weighted by Crippen LogP contribution is -2.32. The molecule has 1 aromatic heterocycles. The zero-order chi connectivity index (χ0) is 10.1. The van der Waals surface area contributed by atoms with Crippen LogP contribution in [0.2, 0.25) is 0 Å². The zero-order valence-corrected chi connectivity index (χ0v) is 8.23. The van der Waals surface area contributed by atoms with Gasteiger partial charge in [-0.25, -0.2) is 0 Å². The Morgan fingerprint density at radius 1 is 1.69 bits per heavy atom. The highest BCUT2D eigenvalue weighted by Gasteiger charge is 2.28. The van der Waals surface area contributed by atoms with Gasteiger partial charge in [0.25, 0.3) is 0 Å². The number of hydrogen-bond acceptors (Lipinski definition) is 4. The van der Waals surface area contributed by atoms with Gasteiger partial charge in [0.15, 0.2) is 0 Å². The van der Waals surface area contributed by atoms with E-state index in [0.717, 1.165) is 0 Å². The van der Waals surface area contributed by atoms with Crippen molar-refractivity contribution in [2.75, 3.05) is 6.61 Å². The summed E-state index contributed by atoms with van der Waals surface area (Å²) in [6.45, 7) is 3.82. The van der Waals surface area contributed by atoms with Crippen molar-refractivity contribution in [3.05, 3.63) is 11.9 Å². The minimum absolute atomic E-state index is 0.0325. The largest absolute Gasteiger partial charge is 0.396 e. The molecule has 0 fully saturated rings. The fourth-order valence-corrected chi connectivity index (χ4v) is 1.01. The van der Waals surface area contributed by atoms with Crippen molar-refractivity contribution in [3.63, 3.8) is 0 Å². The van der Waals surface area contributed by atoms with E-state index in [-0.39, 0.29) is 18.1 Å². The maximum absolute atomic E-state index is 9.10. The maximum atomic E-state index is 9.10. The third-order valence-corrected chi connectivity index (χ3v) is 2.19. The second kappa shape index (κ2) is 3.43. The predicted molar refractivity (Wildman–Crippen MR) is 48.8 cm³/mol. The van der Waals surface area contributed by atoms with Crippen LogP contribution in [0.15, 0.2) is 6.20 Å². The average Bonchev–Trinajstić information content (AvgIpc) is 2.50. The van der Waals surface area contributed by atoms with Crippen molar-refractivity contribution in [2.45, 2.75) is 19.9 Å². The van der Waals surface area contributed by atoms with Crippen LogP contribution in [0.5, 0.6) is 0 Å². The van der Waals surface area contributed by atoms with Gasteiger partial charge in [0.1, 0.15) is 0 Å². The second-order valence-corrected chi connectivity index (χ2v) is 3.94. The Bertz CT molecular complexity index is 281. The lowest BCUT2D eigenvalue weighted by Gasteiger charge is -2.27. The van der Waals surface area contributed by atoms with E-state index < -0.39 is 0 Å². The quantitative estimate of drug-likeness (QED) is 0.684. The van der Waals surface area contributed by atoms with Gasteiger partial charge in [-0.1, -0.05) is 19.1 Å². The highest BCUT2D eigenvalue weighted by Crippen LogP contribution is 2.28. The summed E-state index contributed by atoms with van der Waals surface area (Å²) in [5.41, 5.74) is 6.27. The molecule has 0 spiro atoms. The number of aryl methyl sites for hydroxylation is 1. The summed E-state index contributed by atoms with van der Waals surface area (Å²) < 4.78 is 1.60. The number of aromatic nitrogens is 3. The first kappa shape index (κ1) is 10.1. The summed E-state index contributed by atoms with van der Waals surface area (Å²) in [6.07, 6.45) is 1.77. The van der Waals surface area contributed by atoms with E-state index in [2.05, 4.69) is 10.3 Å². The van der Waals surface area contributed by atoms with E-state index in [1.165, 1.54) is 0 Å². The molecule has 0 aliphatic heterocycles. The van der Waals surface area contributed by atoms with Crippen LogP contribution >= 0.6 is 0 Å². The standard InChI is InChI=1S/C8H16N4O/c1-8(2,5-13)7(9)6-4-12(3)11-10-6/h4,7,13H,5,9H2,1-3H3. The lowest BCUT2D eigenvalue weighted by atomic mass is 9.84. The Morgan fingerprint density at radius 2 is 2.31 bits per heavy atom. The van der Waals surface area contributed by atoms with Crippen molar-refractivity contribution in [3.8, 4) is 0 Å². The molecule has 5 nitrogen and oxygen atoms in total. The van der Waals surface area contributed by atoms with Gasteiger partial charge in [0.05, 0.1) is 18.3 Å². The van der Waals surface area contributed by atoms with Crippen LogP contribution in [0.25, 0.3) is 0 Å². The van der Waals surface area contributed by atoms with E-state index in [9.17, 15) is 0 Å². The number of rotatable bonds is 3. The Labute approximate surface area is 77.6 Å². The summed E-state index contributed by atoms with van der Waals surface area (Å²) in [4.78, 5) is 0. The van der Waals surface area contributed by atoms with Crippen LogP contribution in [-0.2, 0) is 7.05 Å². The van der Waals surface area contributed by atoms with Crippen molar-refractivity contribution >= 4 is 0 Å². The Morgan fingerprint density at radius 3 is 2.69 bits per heavy atom. The molecular weight excluding hydrogens is 168 g/mol. The van der Waals surface area contributed by atoms with Gasteiger partial charge >= 0.3 is 0 Å². The average molecular weight is 184 g/mol. The number of aliphatic hydroxyl groups is 1. The molecule has 1 heterocycles. The number of aliphatic hydroxyl groups excluding tert-OH is 1. The van der Waals surface area contributed by atoms with E-state index in [1.54, 1.807) is 17.9 Å². The molecular formula is C8H16N4O. The molecule has 0 aromatic carbocycles. The van der Waals surface area contributed by atoms with Crippen LogP contribution in [-0.4, -0.2) is 26.7 Å². The summed E-state index contributed by atoms with van der Waals surface area (Å²) in [7, 11) is 1.79. The van der Waals surface area contributed by atoms with Gasteiger partial charge in [-0.3, -0.25) is 4.68 Å². The van der Waals surface area contributed by atoms with Crippen LogP contribution in [0.1, 0.15) is 25.6 Å². The molecule has 3 N–H and O–H groups in total. The van der Waals surface area contributed by atoms with Crippen LogP contribution < -0.4 is 5.73 Å². The fraction of sp³-hybridized carbons (Fsp3) is 0.750. The summed E-state index contributed by atoms with van der Waals surface area (Å²) >= 11 is 0. The maximum Gasteiger partial charge on any atom is 0.1000 e. The molecule has 5 heteroatoms. The van der Waals surface area contributed by atoms with Gasteiger partial charge in [-0.15, -0.1) is 5.10 Å². The Hall–Kier alpha value is -0.940. The predicted octanol–water partition coefficient (Wildman–Crippen LogP) is -0.167. The van der Waals surface area contributed by atoms with Gasteiger partial charge < -0.3 is 10.8 Å². The third kappa shape index (κ3) is 2.05. The van der Waals surface area contributed by atoms with Crippen molar-refractivity contribution in [1.82, 2.24) is 15.0 Å². The molecule has 1 rings (SSSR count). The summed E-state index contributed by atoms with van der Waals surface area (Å²) in [6, 6.07) is -0.286. The molecule has 0 bridgehead atoms. The number of hydrogen-bond donors (Lipinski definition) is 2. The molecule has 0 aliphatic carbocycles. The van der Waals surface area contributed by atoms with Crippen LogP contribution in [0, 0.1) is 5.41 Å². The molecule has 74 valence electrons. The van der Waals surface area contributed by atoms with Gasteiger partial charge in [0, 0.05) is 18.7 Å². The van der Waals surface area contributed by atoms with E-state index in [0.29, 0.717) is 5.69 Å². The lowest BCUT2D eigenvalue weighted by molar-refractivity contribution is 0.130. The molecule has 13 heavy (non-hydrogen) atoms. The topological polar surface area (TPSA) is 77.0 Å². The summed E-state index contributed by atoms with van der Waals surface area (Å²) in [5, 5.41) is 16.8. The van der Waals surface area contributed by atoms with Crippen molar-refractivity contribution < 1.29 is 5.11 Å². The fourth-order valence-electron chi connectivity index (χ4n) is 1.01. The number of nitrogens with two attached hydrogens (primary N) is 1. The SMILES string of the molecule is Cn1cc(C(N)C(C)(C)CO)nn1. The molecule has 0 saturated heterocycles. The second-order valence-electron chi connectivity index (χ2n) is 3.94.